The normalized spacial score (nSPS) is 16.0. The summed E-state index contributed by atoms with van der Waals surface area (Å²) in [5.74, 6) is -0.799. The number of hydrogen-bond acceptors (Lipinski definition) is 6. The lowest BCUT2D eigenvalue weighted by atomic mass is 10.0. The van der Waals surface area contributed by atoms with Crippen LogP contribution < -0.4 is 5.01 Å². The van der Waals surface area contributed by atoms with E-state index in [0.29, 0.717) is 13.0 Å². The lowest BCUT2D eigenvalue weighted by Gasteiger charge is -2.36. The van der Waals surface area contributed by atoms with E-state index in [9.17, 15) is 26.4 Å². The standard InChI is InChI=1S/C31H27F3N2O4S/c1-3-35-21(2)27(20-22-10-5-4-6-11-22)29(36(35)28-15-9-13-23-12-7-8-14-26(23)28)40-30(37)24-16-18-25(19-17-24)41(38,39)31(32,33)34/h4-19,29H,3,20H2,1-2H3. The minimum absolute atomic E-state index is 0.0735. The van der Waals surface area contributed by atoms with Gasteiger partial charge in [0, 0.05) is 29.6 Å². The molecule has 1 heterocycles. The number of sulfone groups is 1. The number of alkyl halides is 3. The van der Waals surface area contributed by atoms with Gasteiger partial charge in [-0.1, -0.05) is 66.7 Å². The average molecular weight is 581 g/mol. The van der Waals surface area contributed by atoms with Gasteiger partial charge in [0.15, 0.2) is 0 Å². The number of ether oxygens (including phenoxy) is 1. The highest BCUT2D eigenvalue weighted by Crippen LogP contribution is 2.40. The van der Waals surface area contributed by atoms with Crippen LogP contribution in [0.15, 0.2) is 113 Å². The van der Waals surface area contributed by atoms with Gasteiger partial charge in [-0.2, -0.15) is 13.2 Å². The van der Waals surface area contributed by atoms with Crippen LogP contribution in [0.4, 0.5) is 18.9 Å². The van der Waals surface area contributed by atoms with Gasteiger partial charge < -0.3 is 4.74 Å². The second-order valence-electron chi connectivity index (χ2n) is 9.56. The van der Waals surface area contributed by atoms with Crippen molar-refractivity contribution in [2.75, 3.05) is 11.6 Å². The van der Waals surface area contributed by atoms with E-state index in [-0.39, 0.29) is 5.56 Å². The zero-order valence-corrected chi connectivity index (χ0v) is 23.1. The summed E-state index contributed by atoms with van der Waals surface area (Å²) < 4.78 is 68.7. The van der Waals surface area contributed by atoms with Gasteiger partial charge in [0.25, 0.3) is 9.84 Å². The van der Waals surface area contributed by atoms with Gasteiger partial charge in [-0.15, -0.1) is 0 Å². The highest BCUT2D eigenvalue weighted by molar-refractivity contribution is 7.92. The van der Waals surface area contributed by atoms with Gasteiger partial charge in [-0.05, 0) is 55.1 Å². The quantitative estimate of drug-likeness (QED) is 0.222. The summed E-state index contributed by atoms with van der Waals surface area (Å²) in [6, 6.07) is 27.1. The van der Waals surface area contributed by atoms with E-state index in [2.05, 4.69) is 0 Å². The van der Waals surface area contributed by atoms with Gasteiger partial charge >= 0.3 is 11.5 Å². The summed E-state index contributed by atoms with van der Waals surface area (Å²) in [4.78, 5) is 12.5. The molecule has 0 saturated carbocycles. The lowest BCUT2D eigenvalue weighted by molar-refractivity contribution is -0.0436. The number of carbonyl (C=O) groups excluding carboxylic acids is 1. The van der Waals surface area contributed by atoms with Crippen molar-refractivity contribution in [3.05, 3.63) is 119 Å². The number of hydrogen-bond donors (Lipinski definition) is 0. The van der Waals surface area contributed by atoms with Gasteiger partial charge in [0.05, 0.1) is 16.1 Å². The summed E-state index contributed by atoms with van der Waals surface area (Å²) in [5, 5.41) is 5.92. The molecule has 1 aliphatic rings. The molecule has 0 aliphatic carbocycles. The molecule has 1 unspecified atom stereocenters. The van der Waals surface area contributed by atoms with Crippen molar-refractivity contribution in [3.8, 4) is 0 Å². The third kappa shape index (κ3) is 5.27. The molecule has 0 N–H and O–H groups in total. The summed E-state index contributed by atoms with van der Waals surface area (Å²) in [6.45, 7) is 4.53. The first kappa shape index (κ1) is 28.2. The van der Waals surface area contributed by atoms with Gasteiger partial charge in [0.1, 0.15) is 0 Å². The number of anilines is 1. The molecule has 1 aliphatic heterocycles. The minimum atomic E-state index is -5.54. The van der Waals surface area contributed by atoms with E-state index in [4.69, 9.17) is 4.74 Å². The van der Waals surface area contributed by atoms with Crippen LogP contribution in [0, 0.1) is 0 Å². The average Bonchev–Trinajstić information content (AvgIpc) is 3.22. The zero-order valence-electron chi connectivity index (χ0n) is 22.3. The molecule has 0 radical (unpaired) electrons. The summed E-state index contributed by atoms with van der Waals surface area (Å²) >= 11 is 0. The Bertz CT molecular complexity index is 1710. The Morgan fingerprint density at radius 3 is 2.17 bits per heavy atom. The molecular weight excluding hydrogens is 553 g/mol. The first-order chi connectivity index (χ1) is 19.5. The molecule has 10 heteroatoms. The molecule has 0 aromatic heterocycles. The Morgan fingerprint density at radius 1 is 0.878 bits per heavy atom. The summed E-state index contributed by atoms with van der Waals surface area (Å²) in [5.41, 5.74) is -1.94. The Labute approximate surface area is 236 Å². The summed E-state index contributed by atoms with van der Waals surface area (Å²) in [6.07, 6.45) is -0.377. The third-order valence-corrected chi connectivity index (χ3v) is 8.61. The molecule has 1 atom stereocenters. The van der Waals surface area contributed by atoms with Gasteiger partial charge in [-0.3, -0.25) is 5.01 Å². The Kier molecular flexibility index (Phi) is 7.52. The van der Waals surface area contributed by atoms with E-state index in [1.807, 2.05) is 96.7 Å². The molecule has 5 rings (SSSR count). The van der Waals surface area contributed by atoms with Crippen molar-refractivity contribution in [1.29, 1.82) is 0 Å². The molecule has 41 heavy (non-hydrogen) atoms. The van der Waals surface area contributed by atoms with Crippen molar-refractivity contribution in [1.82, 2.24) is 5.01 Å². The molecule has 0 saturated heterocycles. The van der Waals surface area contributed by atoms with Crippen LogP contribution in [0.3, 0.4) is 0 Å². The molecule has 0 bridgehead atoms. The smallest absolute Gasteiger partial charge is 0.432 e. The molecular formula is C31H27F3N2O4S. The van der Waals surface area contributed by atoms with Crippen molar-refractivity contribution in [2.24, 2.45) is 0 Å². The number of fused-ring (bicyclic) bond motifs is 1. The number of halogens is 3. The Morgan fingerprint density at radius 2 is 1.51 bits per heavy atom. The highest BCUT2D eigenvalue weighted by atomic mass is 32.2. The van der Waals surface area contributed by atoms with Crippen molar-refractivity contribution in [3.63, 3.8) is 0 Å². The second kappa shape index (κ2) is 10.9. The topological polar surface area (TPSA) is 66.9 Å². The van der Waals surface area contributed by atoms with Crippen LogP contribution in [0.25, 0.3) is 10.8 Å². The molecule has 0 amide bonds. The Hall–Kier alpha value is -4.31. The Balaban J connectivity index is 1.55. The van der Waals surface area contributed by atoms with Gasteiger partial charge in [-0.25, -0.2) is 18.2 Å². The predicted octanol–water partition coefficient (Wildman–Crippen LogP) is 6.89. The molecule has 4 aromatic carbocycles. The van der Waals surface area contributed by atoms with Crippen LogP contribution >= 0.6 is 0 Å². The maximum Gasteiger partial charge on any atom is 0.501 e. The maximum atomic E-state index is 13.4. The molecule has 0 spiro atoms. The number of carbonyl (C=O) groups is 1. The van der Waals surface area contributed by atoms with Crippen molar-refractivity contribution < 1.29 is 31.1 Å². The first-order valence-electron chi connectivity index (χ1n) is 12.9. The van der Waals surface area contributed by atoms with Crippen LogP contribution in [0.1, 0.15) is 29.8 Å². The van der Waals surface area contributed by atoms with Crippen LogP contribution in [-0.2, 0) is 21.0 Å². The maximum absolute atomic E-state index is 13.4. The summed E-state index contributed by atoms with van der Waals surface area (Å²) in [7, 11) is -5.54. The van der Waals surface area contributed by atoms with Crippen molar-refractivity contribution >= 4 is 32.3 Å². The van der Waals surface area contributed by atoms with Crippen molar-refractivity contribution in [2.45, 2.75) is 36.9 Å². The minimum Gasteiger partial charge on any atom is -0.432 e. The fraction of sp³-hybridized carbons (Fsp3) is 0.194. The number of allylic oxidation sites excluding steroid dienone is 1. The lowest BCUT2D eigenvalue weighted by Crippen LogP contribution is -2.45. The van der Waals surface area contributed by atoms with E-state index in [1.54, 1.807) is 0 Å². The number of benzene rings is 4. The second-order valence-corrected chi connectivity index (χ2v) is 11.5. The van der Waals surface area contributed by atoms with Crippen LogP contribution in [0.2, 0.25) is 0 Å². The molecule has 6 nitrogen and oxygen atoms in total. The van der Waals surface area contributed by atoms with Crippen LogP contribution in [0.5, 0.6) is 0 Å². The number of rotatable bonds is 7. The highest BCUT2D eigenvalue weighted by Gasteiger charge is 2.47. The fourth-order valence-electron chi connectivity index (χ4n) is 5.06. The van der Waals surface area contributed by atoms with E-state index >= 15 is 0 Å². The van der Waals surface area contributed by atoms with Gasteiger partial charge in [0.2, 0.25) is 6.23 Å². The number of esters is 1. The molecule has 0 fully saturated rings. The van der Waals surface area contributed by atoms with E-state index < -0.39 is 32.4 Å². The SMILES string of the molecule is CCN1C(C)=C(Cc2ccccc2)C(OC(=O)c2ccc(S(=O)(=O)C(F)(F)F)cc2)N1c1cccc2ccccc12. The number of nitrogens with zero attached hydrogens (tertiary/aromatic N) is 2. The zero-order chi connectivity index (χ0) is 29.4. The molecule has 212 valence electrons. The monoisotopic (exact) mass is 580 g/mol. The largest absolute Gasteiger partial charge is 0.501 e. The molecule has 4 aromatic rings. The van der Waals surface area contributed by atoms with E-state index in [1.165, 1.54) is 0 Å². The first-order valence-corrected chi connectivity index (χ1v) is 14.4. The van der Waals surface area contributed by atoms with Crippen LogP contribution in [-0.4, -0.2) is 37.7 Å². The third-order valence-electron chi connectivity index (χ3n) is 7.11. The predicted molar refractivity (Wildman–Crippen MR) is 151 cm³/mol. The van der Waals surface area contributed by atoms with E-state index in [0.717, 1.165) is 57.6 Å². The number of hydrazine groups is 1. The fourth-order valence-corrected chi connectivity index (χ4v) is 5.82.